The van der Waals surface area contributed by atoms with Crippen LogP contribution >= 0.6 is 0 Å². The lowest BCUT2D eigenvalue weighted by Crippen LogP contribution is -2.12. The standard InChI is InChI=1S/C13H20/c1-10(2)11-8-6-7-9-12(11)13(3,4)5/h7,9H,1,6,8H2,2-5H3. The normalized spacial score (nSPS) is 17.8. The molecule has 0 saturated heterocycles. The lowest BCUT2D eigenvalue weighted by molar-refractivity contribution is 0.507. The zero-order chi connectivity index (χ0) is 10.1. The summed E-state index contributed by atoms with van der Waals surface area (Å²) >= 11 is 0. The van der Waals surface area contributed by atoms with Crippen molar-refractivity contribution >= 4 is 0 Å². The van der Waals surface area contributed by atoms with Gasteiger partial charge in [-0.1, -0.05) is 45.1 Å². The van der Waals surface area contributed by atoms with Crippen molar-refractivity contribution in [2.24, 2.45) is 5.41 Å². The predicted molar refractivity (Wildman–Crippen MR) is 59.7 cm³/mol. The van der Waals surface area contributed by atoms with Gasteiger partial charge in [-0.3, -0.25) is 0 Å². The van der Waals surface area contributed by atoms with Crippen LogP contribution in [-0.4, -0.2) is 0 Å². The Balaban J connectivity index is 3.13. The predicted octanol–water partition coefficient (Wildman–Crippen LogP) is 4.26. The van der Waals surface area contributed by atoms with Gasteiger partial charge >= 0.3 is 0 Å². The van der Waals surface area contributed by atoms with Gasteiger partial charge in [-0.25, -0.2) is 0 Å². The van der Waals surface area contributed by atoms with E-state index in [4.69, 9.17) is 0 Å². The number of hydrogen-bond acceptors (Lipinski definition) is 0. The van der Waals surface area contributed by atoms with Crippen molar-refractivity contribution in [2.45, 2.75) is 40.5 Å². The molecule has 0 aliphatic heterocycles. The molecule has 13 heavy (non-hydrogen) atoms. The molecular formula is C13H20. The summed E-state index contributed by atoms with van der Waals surface area (Å²) in [5.74, 6) is 0. The average Bonchev–Trinajstić information content (AvgIpc) is 2.03. The maximum atomic E-state index is 4.05. The molecule has 0 nitrogen and oxygen atoms in total. The summed E-state index contributed by atoms with van der Waals surface area (Å²) in [5.41, 5.74) is 4.42. The van der Waals surface area contributed by atoms with E-state index in [0.717, 1.165) is 0 Å². The van der Waals surface area contributed by atoms with Gasteiger partial charge in [-0.2, -0.15) is 0 Å². The van der Waals surface area contributed by atoms with E-state index in [1.807, 2.05) is 0 Å². The molecule has 1 aliphatic rings. The first kappa shape index (κ1) is 10.3. The van der Waals surface area contributed by atoms with Crippen LogP contribution < -0.4 is 0 Å². The Kier molecular flexibility index (Phi) is 2.80. The Hall–Kier alpha value is -0.780. The Morgan fingerprint density at radius 3 is 2.38 bits per heavy atom. The van der Waals surface area contributed by atoms with Crippen LogP contribution in [-0.2, 0) is 0 Å². The van der Waals surface area contributed by atoms with Gasteiger partial charge in [0, 0.05) is 0 Å². The minimum atomic E-state index is 0.255. The van der Waals surface area contributed by atoms with E-state index in [0.29, 0.717) is 0 Å². The topological polar surface area (TPSA) is 0 Å². The summed E-state index contributed by atoms with van der Waals surface area (Å²) < 4.78 is 0. The molecule has 0 fully saturated rings. The smallest absolute Gasteiger partial charge is 0.0129 e. The Morgan fingerprint density at radius 2 is 2.00 bits per heavy atom. The molecular weight excluding hydrogens is 156 g/mol. The van der Waals surface area contributed by atoms with E-state index in [9.17, 15) is 0 Å². The zero-order valence-corrected chi connectivity index (χ0v) is 9.28. The van der Waals surface area contributed by atoms with Crippen molar-refractivity contribution in [3.8, 4) is 0 Å². The second kappa shape index (κ2) is 3.53. The second-order valence-corrected chi connectivity index (χ2v) is 4.86. The molecule has 0 amide bonds. The van der Waals surface area contributed by atoms with Gasteiger partial charge in [0.1, 0.15) is 0 Å². The molecule has 1 rings (SSSR count). The minimum Gasteiger partial charge on any atom is -0.0958 e. The zero-order valence-electron chi connectivity index (χ0n) is 9.28. The van der Waals surface area contributed by atoms with Crippen molar-refractivity contribution < 1.29 is 0 Å². The van der Waals surface area contributed by atoms with Crippen molar-refractivity contribution in [1.82, 2.24) is 0 Å². The van der Waals surface area contributed by atoms with Crippen LogP contribution in [0.1, 0.15) is 40.5 Å². The molecule has 0 N–H and O–H groups in total. The van der Waals surface area contributed by atoms with E-state index in [1.54, 1.807) is 0 Å². The van der Waals surface area contributed by atoms with E-state index in [-0.39, 0.29) is 5.41 Å². The molecule has 0 heteroatoms. The van der Waals surface area contributed by atoms with Gasteiger partial charge in [0.05, 0.1) is 0 Å². The lowest BCUT2D eigenvalue weighted by atomic mass is 9.78. The van der Waals surface area contributed by atoms with Crippen LogP contribution in [0, 0.1) is 5.41 Å². The average molecular weight is 176 g/mol. The highest BCUT2D eigenvalue weighted by atomic mass is 14.3. The monoisotopic (exact) mass is 176 g/mol. The molecule has 0 aromatic heterocycles. The fourth-order valence-electron chi connectivity index (χ4n) is 1.81. The molecule has 0 radical (unpaired) electrons. The summed E-state index contributed by atoms with van der Waals surface area (Å²) in [5, 5.41) is 0. The molecule has 0 unspecified atom stereocenters. The molecule has 0 aromatic carbocycles. The summed E-state index contributed by atoms with van der Waals surface area (Å²) in [4.78, 5) is 0. The maximum Gasteiger partial charge on any atom is -0.0129 e. The largest absolute Gasteiger partial charge is 0.0958 e. The van der Waals surface area contributed by atoms with Crippen molar-refractivity contribution in [1.29, 1.82) is 0 Å². The van der Waals surface area contributed by atoms with Crippen LogP contribution in [0.4, 0.5) is 0 Å². The van der Waals surface area contributed by atoms with Gasteiger partial charge < -0.3 is 0 Å². The van der Waals surface area contributed by atoms with Gasteiger partial charge in [-0.05, 0) is 36.3 Å². The molecule has 0 spiro atoms. The number of rotatable bonds is 1. The summed E-state index contributed by atoms with van der Waals surface area (Å²) in [7, 11) is 0. The SMILES string of the molecule is C=C(C)C1=C(C(C)(C)C)C=CCC1. The van der Waals surface area contributed by atoms with Crippen molar-refractivity contribution in [2.75, 3.05) is 0 Å². The van der Waals surface area contributed by atoms with Gasteiger partial charge in [0.2, 0.25) is 0 Å². The van der Waals surface area contributed by atoms with Crippen LogP contribution in [0.5, 0.6) is 0 Å². The first-order valence-corrected chi connectivity index (χ1v) is 4.99. The maximum absolute atomic E-state index is 4.05. The molecule has 1 aliphatic carbocycles. The fraction of sp³-hybridized carbons (Fsp3) is 0.538. The van der Waals surface area contributed by atoms with E-state index in [2.05, 4.69) is 46.4 Å². The van der Waals surface area contributed by atoms with Crippen molar-refractivity contribution in [3.63, 3.8) is 0 Å². The quantitative estimate of drug-likeness (QED) is 0.560. The van der Waals surface area contributed by atoms with E-state index >= 15 is 0 Å². The third-order valence-corrected chi connectivity index (χ3v) is 2.49. The second-order valence-electron chi connectivity index (χ2n) is 4.86. The molecule has 0 heterocycles. The number of allylic oxidation sites excluding steroid dienone is 5. The van der Waals surface area contributed by atoms with Crippen LogP contribution in [0.2, 0.25) is 0 Å². The van der Waals surface area contributed by atoms with Crippen LogP contribution in [0.25, 0.3) is 0 Å². The number of hydrogen-bond donors (Lipinski definition) is 0. The summed E-state index contributed by atoms with van der Waals surface area (Å²) in [6.45, 7) is 13.0. The van der Waals surface area contributed by atoms with Crippen LogP contribution in [0.3, 0.4) is 0 Å². The Morgan fingerprint density at radius 1 is 1.38 bits per heavy atom. The fourth-order valence-corrected chi connectivity index (χ4v) is 1.81. The molecule has 0 atom stereocenters. The van der Waals surface area contributed by atoms with Gasteiger partial charge in [0.25, 0.3) is 0 Å². The highest BCUT2D eigenvalue weighted by molar-refractivity contribution is 5.42. The molecule has 72 valence electrons. The Labute approximate surface area is 82.0 Å². The third kappa shape index (κ3) is 2.33. The highest BCUT2D eigenvalue weighted by Gasteiger charge is 2.20. The minimum absolute atomic E-state index is 0.255. The molecule has 0 saturated carbocycles. The van der Waals surface area contributed by atoms with Crippen molar-refractivity contribution in [3.05, 3.63) is 35.5 Å². The first-order chi connectivity index (χ1) is 5.93. The van der Waals surface area contributed by atoms with E-state index < -0.39 is 0 Å². The summed E-state index contributed by atoms with van der Waals surface area (Å²) in [6, 6.07) is 0. The van der Waals surface area contributed by atoms with Gasteiger partial charge in [0.15, 0.2) is 0 Å². The highest BCUT2D eigenvalue weighted by Crippen LogP contribution is 2.35. The third-order valence-electron chi connectivity index (χ3n) is 2.49. The molecule has 0 aromatic rings. The first-order valence-electron chi connectivity index (χ1n) is 4.99. The Bertz CT molecular complexity index is 269. The lowest BCUT2D eigenvalue weighted by Gasteiger charge is -2.27. The van der Waals surface area contributed by atoms with Crippen LogP contribution in [0.15, 0.2) is 35.5 Å². The van der Waals surface area contributed by atoms with E-state index in [1.165, 1.54) is 29.6 Å². The molecule has 0 bridgehead atoms. The summed E-state index contributed by atoms with van der Waals surface area (Å²) in [6.07, 6.45) is 6.88. The van der Waals surface area contributed by atoms with Gasteiger partial charge in [-0.15, -0.1) is 0 Å².